The van der Waals surface area contributed by atoms with E-state index in [4.69, 9.17) is 5.73 Å². The van der Waals surface area contributed by atoms with Crippen molar-refractivity contribution in [2.75, 3.05) is 5.73 Å². The average Bonchev–Trinajstić information content (AvgIpc) is 2.51. The van der Waals surface area contributed by atoms with Crippen molar-refractivity contribution >= 4 is 17.2 Å². The molecule has 1 aromatic heterocycles. The molecule has 0 bridgehead atoms. The number of nitrogen functional groups attached to an aromatic ring is 1. The highest BCUT2D eigenvalue weighted by Crippen LogP contribution is 2.15. The molecule has 0 atom stereocenters. The van der Waals surface area contributed by atoms with Gasteiger partial charge in [0.1, 0.15) is 5.69 Å². The Kier molecular flexibility index (Phi) is 4.90. The van der Waals surface area contributed by atoms with Crippen LogP contribution in [0.15, 0.2) is 41.3 Å². The van der Waals surface area contributed by atoms with Crippen molar-refractivity contribution < 1.29 is 9.72 Å². The molecular formula is C16H17N3O4. The van der Waals surface area contributed by atoms with Gasteiger partial charge in [-0.2, -0.15) is 0 Å². The molecule has 120 valence electrons. The first-order valence-corrected chi connectivity index (χ1v) is 7.19. The molecule has 0 radical (unpaired) electrons. The van der Waals surface area contributed by atoms with Crippen LogP contribution in [0.2, 0.25) is 0 Å². The lowest BCUT2D eigenvalue weighted by Gasteiger charge is -2.07. The number of carbonyl (C=O) groups excluding carboxylic acids is 1. The summed E-state index contributed by atoms with van der Waals surface area (Å²) in [5.74, 6) is -0.297. The largest absolute Gasteiger partial charge is 0.393 e. The Morgan fingerprint density at radius 3 is 2.48 bits per heavy atom. The molecule has 0 unspecified atom stereocenters. The van der Waals surface area contributed by atoms with Gasteiger partial charge in [-0.05, 0) is 18.1 Å². The number of hydrogen-bond donors (Lipinski definition) is 1. The van der Waals surface area contributed by atoms with Gasteiger partial charge < -0.3 is 10.3 Å². The second kappa shape index (κ2) is 6.87. The predicted molar refractivity (Wildman–Crippen MR) is 86.5 cm³/mol. The van der Waals surface area contributed by atoms with Crippen molar-refractivity contribution in [1.29, 1.82) is 0 Å². The van der Waals surface area contributed by atoms with Crippen molar-refractivity contribution in [3.05, 3.63) is 68.1 Å². The zero-order valence-electron chi connectivity index (χ0n) is 12.7. The van der Waals surface area contributed by atoms with E-state index in [1.165, 1.54) is 12.3 Å². The van der Waals surface area contributed by atoms with Crippen molar-refractivity contribution in [3.8, 4) is 0 Å². The monoisotopic (exact) mass is 315 g/mol. The fourth-order valence-electron chi connectivity index (χ4n) is 2.28. The van der Waals surface area contributed by atoms with Crippen LogP contribution in [0.4, 0.5) is 11.4 Å². The van der Waals surface area contributed by atoms with Gasteiger partial charge in [0.2, 0.25) is 0 Å². The summed E-state index contributed by atoms with van der Waals surface area (Å²) in [5.41, 5.74) is 5.21. The van der Waals surface area contributed by atoms with Crippen LogP contribution in [0, 0.1) is 10.1 Å². The number of Topliss-reactive ketones (excluding diaryl/α,β-unsaturated/α-hetero) is 1. The Labute approximate surface area is 132 Å². The summed E-state index contributed by atoms with van der Waals surface area (Å²) in [4.78, 5) is 34.3. The Balaban J connectivity index is 2.25. The molecule has 0 aliphatic carbocycles. The van der Waals surface area contributed by atoms with E-state index in [9.17, 15) is 19.7 Å². The van der Waals surface area contributed by atoms with E-state index >= 15 is 0 Å². The van der Waals surface area contributed by atoms with Crippen LogP contribution < -0.4 is 11.3 Å². The van der Waals surface area contributed by atoms with Gasteiger partial charge in [0.25, 0.3) is 0 Å². The third-order valence-electron chi connectivity index (χ3n) is 3.48. The second-order valence-corrected chi connectivity index (χ2v) is 5.18. The average molecular weight is 315 g/mol. The molecule has 0 saturated heterocycles. The first-order chi connectivity index (χ1) is 10.9. The highest BCUT2D eigenvalue weighted by atomic mass is 16.6. The highest BCUT2D eigenvalue weighted by molar-refractivity contribution is 5.95. The number of hydrogen-bond acceptors (Lipinski definition) is 5. The Morgan fingerprint density at radius 1 is 1.26 bits per heavy atom. The predicted octanol–water partition coefficient (Wildman–Crippen LogP) is 2.17. The number of anilines is 1. The molecule has 0 aliphatic heterocycles. The SMILES string of the molecule is CCCc1ccc(C(=O)Cn2ccc(N)c([N+](=O)[O-])c2=O)cc1. The third kappa shape index (κ3) is 3.63. The lowest BCUT2D eigenvalue weighted by atomic mass is 10.1. The number of nitrogens with two attached hydrogens (primary N) is 1. The summed E-state index contributed by atoms with van der Waals surface area (Å²) in [7, 11) is 0. The van der Waals surface area contributed by atoms with Crippen molar-refractivity contribution in [3.63, 3.8) is 0 Å². The van der Waals surface area contributed by atoms with Crippen LogP contribution in [0.1, 0.15) is 29.3 Å². The van der Waals surface area contributed by atoms with E-state index < -0.39 is 16.2 Å². The highest BCUT2D eigenvalue weighted by Gasteiger charge is 2.20. The number of nitro groups is 1. The van der Waals surface area contributed by atoms with E-state index in [1.807, 2.05) is 12.1 Å². The van der Waals surface area contributed by atoms with Gasteiger partial charge in [-0.3, -0.25) is 19.7 Å². The van der Waals surface area contributed by atoms with Gasteiger partial charge in [0.15, 0.2) is 5.78 Å². The molecule has 0 amide bonds. The molecule has 0 aliphatic rings. The van der Waals surface area contributed by atoms with Crippen LogP contribution in [-0.4, -0.2) is 15.3 Å². The molecular weight excluding hydrogens is 298 g/mol. The standard InChI is InChI=1S/C16H17N3O4/c1-2-3-11-4-6-12(7-5-11)14(20)10-18-9-8-13(17)15(16(18)21)19(22)23/h4-9H,2-3,10,17H2,1H3. The number of ketones is 1. The lowest BCUT2D eigenvalue weighted by Crippen LogP contribution is -2.26. The smallest absolute Gasteiger partial charge is 0.356 e. The van der Waals surface area contributed by atoms with Crippen molar-refractivity contribution in [2.24, 2.45) is 0 Å². The number of aryl methyl sites for hydroxylation is 1. The number of pyridine rings is 1. The molecule has 2 N–H and O–H groups in total. The molecule has 7 heteroatoms. The molecule has 0 saturated carbocycles. The van der Waals surface area contributed by atoms with Crippen molar-refractivity contribution in [1.82, 2.24) is 4.57 Å². The van der Waals surface area contributed by atoms with E-state index in [1.54, 1.807) is 12.1 Å². The Bertz CT molecular complexity index is 794. The Morgan fingerprint density at radius 2 is 1.91 bits per heavy atom. The van der Waals surface area contributed by atoms with Crippen molar-refractivity contribution in [2.45, 2.75) is 26.3 Å². The topological polar surface area (TPSA) is 108 Å². The summed E-state index contributed by atoms with van der Waals surface area (Å²) in [6, 6.07) is 8.38. The molecule has 0 fully saturated rings. The van der Waals surface area contributed by atoms with Gasteiger partial charge in [0, 0.05) is 11.8 Å². The Hall–Kier alpha value is -2.96. The minimum Gasteiger partial charge on any atom is -0.393 e. The van der Waals surface area contributed by atoms with Gasteiger partial charge >= 0.3 is 11.2 Å². The maximum Gasteiger partial charge on any atom is 0.356 e. The molecule has 7 nitrogen and oxygen atoms in total. The second-order valence-electron chi connectivity index (χ2n) is 5.18. The molecule has 2 rings (SSSR count). The van der Waals surface area contributed by atoms with Gasteiger partial charge in [0.05, 0.1) is 11.5 Å². The van der Waals surface area contributed by atoms with Gasteiger partial charge in [-0.25, -0.2) is 0 Å². The van der Waals surface area contributed by atoms with Crippen LogP contribution in [0.5, 0.6) is 0 Å². The van der Waals surface area contributed by atoms with E-state index in [2.05, 4.69) is 6.92 Å². The summed E-state index contributed by atoms with van der Waals surface area (Å²) < 4.78 is 0.997. The van der Waals surface area contributed by atoms with Gasteiger partial charge in [-0.15, -0.1) is 0 Å². The number of aromatic nitrogens is 1. The number of rotatable bonds is 6. The van der Waals surface area contributed by atoms with Crippen LogP contribution >= 0.6 is 0 Å². The lowest BCUT2D eigenvalue weighted by molar-refractivity contribution is -0.385. The summed E-state index contributed by atoms with van der Waals surface area (Å²) in [5, 5.41) is 10.9. The maximum absolute atomic E-state index is 12.2. The number of carbonyl (C=O) groups is 1. The van der Waals surface area contributed by atoms with E-state index in [-0.39, 0.29) is 18.0 Å². The molecule has 1 aromatic carbocycles. The van der Waals surface area contributed by atoms with E-state index in [0.717, 1.165) is 23.0 Å². The zero-order chi connectivity index (χ0) is 17.0. The van der Waals surface area contributed by atoms with Crippen LogP contribution in [0.25, 0.3) is 0 Å². The van der Waals surface area contributed by atoms with Gasteiger partial charge in [-0.1, -0.05) is 37.6 Å². The van der Waals surface area contributed by atoms with E-state index in [0.29, 0.717) is 5.56 Å². The van der Waals surface area contributed by atoms with Crippen LogP contribution in [0.3, 0.4) is 0 Å². The normalized spacial score (nSPS) is 10.5. The maximum atomic E-state index is 12.2. The summed E-state index contributed by atoms with van der Waals surface area (Å²) in [6.07, 6.45) is 3.23. The zero-order valence-corrected chi connectivity index (χ0v) is 12.7. The summed E-state index contributed by atoms with van der Waals surface area (Å²) >= 11 is 0. The first-order valence-electron chi connectivity index (χ1n) is 7.19. The number of benzene rings is 1. The third-order valence-corrected chi connectivity index (χ3v) is 3.48. The number of nitrogens with zero attached hydrogens (tertiary/aromatic N) is 2. The first kappa shape index (κ1) is 16.4. The van der Waals surface area contributed by atoms with Crippen LogP contribution in [-0.2, 0) is 13.0 Å². The summed E-state index contributed by atoms with van der Waals surface area (Å²) in [6.45, 7) is 1.80. The minimum absolute atomic E-state index is 0.215. The molecule has 23 heavy (non-hydrogen) atoms. The molecule has 0 spiro atoms. The molecule has 1 heterocycles. The quantitative estimate of drug-likeness (QED) is 0.499. The fourth-order valence-corrected chi connectivity index (χ4v) is 2.28. The molecule has 2 aromatic rings. The fraction of sp³-hybridized carbons (Fsp3) is 0.250. The minimum atomic E-state index is -0.883.